The Morgan fingerprint density at radius 1 is 1.25 bits per heavy atom. The molecule has 1 aliphatic rings. The molecule has 5 heteroatoms. The van der Waals surface area contributed by atoms with Crippen molar-refractivity contribution in [1.29, 1.82) is 0 Å². The molecule has 104 valence electrons. The number of hydrogen-bond acceptors (Lipinski definition) is 3. The zero-order valence-corrected chi connectivity index (χ0v) is 11.5. The van der Waals surface area contributed by atoms with Crippen LogP contribution in [-0.2, 0) is 0 Å². The minimum absolute atomic E-state index is 0.00977. The molecule has 2 aromatic rings. The summed E-state index contributed by atoms with van der Waals surface area (Å²) in [4.78, 5) is 20.7. The third-order valence-electron chi connectivity index (χ3n) is 3.74. The Morgan fingerprint density at radius 3 is 2.75 bits per heavy atom. The van der Waals surface area contributed by atoms with Crippen LogP contribution in [0.1, 0.15) is 11.6 Å². The Balaban J connectivity index is 1.89. The summed E-state index contributed by atoms with van der Waals surface area (Å²) >= 11 is 0. The molecule has 0 N–H and O–H groups in total. The Bertz CT molecular complexity index is 567. The Kier molecular flexibility index (Phi) is 3.52. The van der Waals surface area contributed by atoms with E-state index in [1.165, 1.54) is 5.56 Å². The van der Waals surface area contributed by atoms with E-state index in [2.05, 4.69) is 29.1 Å². The molecule has 1 atom stereocenters. The predicted octanol–water partition coefficient (Wildman–Crippen LogP) is 1.84. The van der Waals surface area contributed by atoms with Gasteiger partial charge in [-0.15, -0.1) is 0 Å². The summed E-state index contributed by atoms with van der Waals surface area (Å²) in [7, 11) is 2.09. The minimum atomic E-state index is -0.00977. The Morgan fingerprint density at radius 2 is 2.05 bits per heavy atom. The second kappa shape index (κ2) is 5.46. The van der Waals surface area contributed by atoms with Gasteiger partial charge in [0.15, 0.2) is 0 Å². The largest absolute Gasteiger partial charge is 0.330 e. The van der Waals surface area contributed by atoms with Crippen LogP contribution in [0.4, 0.5) is 4.79 Å². The fourth-order valence-corrected chi connectivity index (χ4v) is 2.63. The second-order valence-corrected chi connectivity index (χ2v) is 5.13. The number of amides is 1. The molecule has 1 amide bonds. The predicted molar refractivity (Wildman–Crippen MR) is 76.4 cm³/mol. The summed E-state index contributed by atoms with van der Waals surface area (Å²) < 4.78 is 1.54. The first-order valence-corrected chi connectivity index (χ1v) is 6.78. The van der Waals surface area contributed by atoms with Gasteiger partial charge in [-0.25, -0.2) is 9.78 Å². The lowest BCUT2D eigenvalue weighted by Crippen LogP contribution is -2.50. The fraction of sp³-hybridized carbons (Fsp3) is 0.333. The average Bonchev–Trinajstić information content (AvgIpc) is 3.02. The van der Waals surface area contributed by atoms with Gasteiger partial charge in [-0.1, -0.05) is 30.3 Å². The lowest BCUT2D eigenvalue weighted by molar-refractivity contribution is 0.109. The van der Waals surface area contributed by atoms with Crippen molar-refractivity contribution in [2.75, 3.05) is 26.7 Å². The minimum Gasteiger partial charge on any atom is -0.314 e. The highest BCUT2D eigenvalue weighted by Crippen LogP contribution is 2.25. The maximum Gasteiger partial charge on any atom is 0.330 e. The summed E-state index contributed by atoms with van der Waals surface area (Å²) in [6.07, 6.45) is 4.89. The zero-order valence-electron chi connectivity index (χ0n) is 11.5. The van der Waals surface area contributed by atoms with Gasteiger partial charge in [0.25, 0.3) is 0 Å². The highest BCUT2D eigenvalue weighted by molar-refractivity contribution is 5.77. The number of hydrogen-bond donors (Lipinski definition) is 0. The van der Waals surface area contributed by atoms with E-state index in [0.29, 0.717) is 0 Å². The van der Waals surface area contributed by atoms with E-state index < -0.39 is 0 Å². The molecule has 3 rings (SSSR count). The van der Waals surface area contributed by atoms with Crippen LogP contribution < -0.4 is 0 Å². The van der Waals surface area contributed by atoms with Crippen molar-refractivity contribution in [1.82, 2.24) is 19.4 Å². The molecule has 1 aromatic heterocycles. The molecule has 0 aliphatic carbocycles. The van der Waals surface area contributed by atoms with E-state index in [9.17, 15) is 4.79 Å². The van der Waals surface area contributed by atoms with Crippen LogP contribution in [-0.4, -0.2) is 52.1 Å². The monoisotopic (exact) mass is 270 g/mol. The van der Waals surface area contributed by atoms with Crippen molar-refractivity contribution in [2.24, 2.45) is 0 Å². The van der Waals surface area contributed by atoms with Gasteiger partial charge >= 0.3 is 6.03 Å². The maximum atomic E-state index is 12.6. The second-order valence-electron chi connectivity index (χ2n) is 5.13. The van der Waals surface area contributed by atoms with Crippen LogP contribution >= 0.6 is 0 Å². The lowest BCUT2D eigenvalue weighted by atomic mass is 10.0. The van der Waals surface area contributed by atoms with Crippen LogP contribution in [0, 0.1) is 0 Å². The highest BCUT2D eigenvalue weighted by Gasteiger charge is 2.30. The van der Waals surface area contributed by atoms with Gasteiger partial charge in [0, 0.05) is 32.0 Å². The topological polar surface area (TPSA) is 41.4 Å². The van der Waals surface area contributed by atoms with Crippen molar-refractivity contribution >= 4 is 6.03 Å². The number of piperazine rings is 1. The molecule has 1 fully saturated rings. The number of carbonyl (C=O) groups excluding carboxylic acids is 1. The number of aromatic nitrogens is 2. The molecule has 1 aromatic carbocycles. The molecule has 5 nitrogen and oxygen atoms in total. The summed E-state index contributed by atoms with van der Waals surface area (Å²) in [6, 6.07) is 10.3. The van der Waals surface area contributed by atoms with Gasteiger partial charge in [-0.05, 0) is 12.6 Å². The number of benzene rings is 1. The highest BCUT2D eigenvalue weighted by atomic mass is 16.2. The fourth-order valence-electron chi connectivity index (χ4n) is 2.63. The Hall–Kier alpha value is -2.14. The first-order valence-electron chi connectivity index (χ1n) is 6.78. The van der Waals surface area contributed by atoms with Crippen molar-refractivity contribution in [3.63, 3.8) is 0 Å². The molecule has 0 radical (unpaired) electrons. The molecule has 20 heavy (non-hydrogen) atoms. The van der Waals surface area contributed by atoms with Crippen molar-refractivity contribution in [3.8, 4) is 0 Å². The number of rotatable bonds is 1. The number of nitrogens with zero attached hydrogens (tertiary/aromatic N) is 4. The smallest absolute Gasteiger partial charge is 0.314 e. The molecule has 0 bridgehead atoms. The quantitative estimate of drug-likeness (QED) is 0.794. The SMILES string of the molecule is CN1CCN(C(=O)n2ccnc2)C(c2ccccc2)C1. The van der Waals surface area contributed by atoms with Crippen LogP contribution in [0.5, 0.6) is 0 Å². The molecule has 1 unspecified atom stereocenters. The summed E-state index contributed by atoms with van der Waals surface area (Å²) in [5.41, 5.74) is 1.17. The van der Waals surface area contributed by atoms with E-state index in [1.807, 2.05) is 23.1 Å². The first kappa shape index (κ1) is 12.9. The van der Waals surface area contributed by atoms with Crippen LogP contribution in [0.15, 0.2) is 49.1 Å². The van der Waals surface area contributed by atoms with E-state index in [4.69, 9.17) is 0 Å². The molecule has 0 spiro atoms. The van der Waals surface area contributed by atoms with E-state index in [-0.39, 0.29) is 12.1 Å². The zero-order chi connectivity index (χ0) is 13.9. The normalized spacial score (nSPS) is 20.1. The van der Waals surface area contributed by atoms with Crippen LogP contribution in [0.2, 0.25) is 0 Å². The van der Waals surface area contributed by atoms with E-state index >= 15 is 0 Å². The average molecular weight is 270 g/mol. The van der Waals surface area contributed by atoms with Crippen molar-refractivity contribution < 1.29 is 4.79 Å². The number of imidazole rings is 1. The lowest BCUT2D eigenvalue weighted by Gasteiger charge is -2.40. The number of carbonyl (C=O) groups is 1. The van der Waals surface area contributed by atoms with E-state index in [0.717, 1.165) is 19.6 Å². The van der Waals surface area contributed by atoms with Crippen molar-refractivity contribution in [3.05, 3.63) is 54.6 Å². The van der Waals surface area contributed by atoms with Gasteiger partial charge in [0.05, 0.1) is 6.04 Å². The van der Waals surface area contributed by atoms with Gasteiger partial charge < -0.3 is 9.80 Å². The van der Waals surface area contributed by atoms with Crippen molar-refractivity contribution in [2.45, 2.75) is 6.04 Å². The van der Waals surface area contributed by atoms with Gasteiger partial charge in [0.2, 0.25) is 0 Å². The molecular weight excluding hydrogens is 252 g/mol. The Labute approximate surface area is 118 Å². The summed E-state index contributed by atoms with van der Waals surface area (Å²) in [5.74, 6) is 0. The van der Waals surface area contributed by atoms with E-state index in [1.54, 1.807) is 23.3 Å². The molecule has 2 heterocycles. The maximum absolute atomic E-state index is 12.6. The standard InChI is InChI=1S/C15H18N4O/c1-17-9-10-19(15(20)18-8-7-16-12-18)14(11-17)13-5-3-2-4-6-13/h2-8,12,14H,9-11H2,1H3. The summed E-state index contributed by atoms with van der Waals surface area (Å²) in [5, 5.41) is 0. The molecular formula is C15H18N4O. The third-order valence-corrected chi connectivity index (χ3v) is 3.74. The van der Waals surface area contributed by atoms with Gasteiger partial charge in [-0.3, -0.25) is 4.57 Å². The molecule has 0 saturated carbocycles. The molecule has 1 saturated heterocycles. The number of likely N-dealkylation sites (N-methyl/N-ethyl adjacent to an activating group) is 1. The van der Waals surface area contributed by atoms with Crippen LogP contribution in [0.25, 0.3) is 0 Å². The van der Waals surface area contributed by atoms with Crippen LogP contribution in [0.3, 0.4) is 0 Å². The van der Waals surface area contributed by atoms with Gasteiger partial charge in [-0.2, -0.15) is 0 Å². The molecule has 1 aliphatic heterocycles. The third kappa shape index (κ3) is 2.44. The summed E-state index contributed by atoms with van der Waals surface area (Å²) in [6.45, 7) is 2.47. The first-order chi connectivity index (χ1) is 9.75. The van der Waals surface area contributed by atoms with Gasteiger partial charge in [0.1, 0.15) is 6.33 Å².